The Morgan fingerprint density at radius 1 is 0.333 bits per heavy atom. The summed E-state index contributed by atoms with van der Waals surface area (Å²) in [5.41, 5.74) is 14.7. The van der Waals surface area contributed by atoms with E-state index in [1.54, 1.807) is 0 Å². The molecule has 11 aromatic carbocycles. The van der Waals surface area contributed by atoms with Crippen molar-refractivity contribution in [3.8, 4) is 27.9 Å². The maximum atomic E-state index is 6.77. The van der Waals surface area contributed by atoms with Gasteiger partial charge in [0.25, 0.3) is 0 Å². The van der Waals surface area contributed by atoms with Gasteiger partial charge >= 0.3 is 0 Å². The molecule has 0 aliphatic heterocycles. The van der Waals surface area contributed by atoms with E-state index in [0.717, 1.165) is 105 Å². The summed E-state index contributed by atoms with van der Waals surface area (Å²) in [7, 11) is 0. The van der Waals surface area contributed by atoms with Crippen LogP contribution in [0, 0.1) is 0 Å². The third-order valence-electron chi connectivity index (χ3n) is 13.6. The Morgan fingerprint density at radius 2 is 0.894 bits per heavy atom. The lowest BCUT2D eigenvalue weighted by Gasteiger charge is -2.27. The van der Waals surface area contributed by atoms with Crippen LogP contribution in [-0.4, -0.2) is 4.57 Å². The van der Waals surface area contributed by atoms with Crippen LogP contribution in [0.1, 0.15) is 0 Å². The third kappa shape index (κ3) is 5.52. The first-order valence-electron chi connectivity index (χ1n) is 22.5. The molecule has 0 amide bonds. The highest BCUT2D eigenvalue weighted by molar-refractivity contribution is 6.21. The zero-order valence-corrected chi connectivity index (χ0v) is 35.7. The van der Waals surface area contributed by atoms with Gasteiger partial charge in [-0.05, 0) is 112 Å². The van der Waals surface area contributed by atoms with Crippen LogP contribution in [0.15, 0.2) is 239 Å². The van der Waals surface area contributed by atoms with Gasteiger partial charge in [0.2, 0.25) is 0 Å². The molecular weight excluding hydrogens is 805 g/mol. The summed E-state index contributed by atoms with van der Waals surface area (Å²) >= 11 is 0. The number of benzene rings is 11. The molecule has 0 aliphatic rings. The fourth-order valence-electron chi connectivity index (χ4n) is 10.6. The van der Waals surface area contributed by atoms with Crippen molar-refractivity contribution in [3.63, 3.8) is 0 Å². The van der Waals surface area contributed by atoms with Crippen LogP contribution in [0.2, 0.25) is 0 Å². The smallest absolute Gasteiger partial charge is 0.143 e. The number of nitrogens with zero attached hydrogens (tertiary/aromatic N) is 2. The number of hydrogen-bond donors (Lipinski definition) is 0. The molecular formula is C62H38N2O2. The molecule has 0 saturated heterocycles. The summed E-state index contributed by atoms with van der Waals surface area (Å²) in [5, 5.41) is 11.4. The molecule has 3 heterocycles. The fourth-order valence-corrected chi connectivity index (χ4v) is 10.6. The lowest BCUT2D eigenvalue weighted by molar-refractivity contribution is 0.672. The molecule has 0 N–H and O–H groups in total. The van der Waals surface area contributed by atoms with Crippen molar-refractivity contribution < 1.29 is 8.83 Å². The molecule has 3 aromatic heterocycles. The SMILES string of the molecule is c1cc(-c2cccc3oc4c5ccccc5ccc4c23)cc(N(c2ccc(-c3cccc(-n4c5ccccc5c5ccccc54)c3)cc2)c2cccc3oc4c5ccccc5ccc4c23)c1. The average molecular weight is 843 g/mol. The number of para-hydroxylation sites is 2. The van der Waals surface area contributed by atoms with E-state index in [4.69, 9.17) is 8.83 Å². The van der Waals surface area contributed by atoms with Crippen molar-refractivity contribution >= 4 is 104 Å². The van der Waals surface area contributed by atoms with E-state index in [9.17, 15) is 0 Å². The maximum absolute atomic E-state index is 6.77. The van der Waals surface area contributed by atoms with Crippen LogP contribution >= 0.6 is 0 Å². The first-order chi connectivity index (χ1) is 32.7. The summed E-state index contributed by atoms with van der Waals surface area (Å²) in [5.74, 6) is 0. The van der Waals surface area contributed by atoms with E-state index in [1.807, 2.05) is 0 Å². The molecule has 0 saturated carbocycles. The minimum absolute atomic E-state index is 0.848. The van der Waals surface area contributed by atoms with Gasteiger partial charge in [0.1, 0.15) is 22.3 Å². The molecule has 0 radical (unpaired) electrons. The summed E-state index contributed by atoms with van der Waals surface area (Å²) in [6, 6.07) is 82.7. The van der Waals surface area contributed by atoms with Crippen molar-refractivity contribution in [1.29, 1.82) is 0 Å². The Balaban J connectivity index is 0.941. The molecule has 4 heteroatoms. The van der Waals surface area contributed by atoms with E-state index in [0.29, 0.717) is 0 Å². The van der Waals surface area contributed by atoms with Crippen LogP contribution < -0.4 is 4.90 Å². The van der Waals surface area contributed by atoms with Gasteiger partial charge in [-0.3, -0.25) is 0 Å². The molecule has 4 nitrogen and oxygen atoms in total. The molecule has 308 valence electrons. The molecule has 0 bridgehead atoms. The summed E-state index contributed by atoms with van der Waals surface area (Å²) in [4.78, 5) is 2.38. The van der Waals surface area contributed by atoms with E-state index in [-0.39, 0.29) is 0 Å². The number of anilines is 3. The first-order valence-corrected chi connectivity index (χ1v) is 22.5. The van der Waals surface area contributed by atoms with Crippen LogP contribution in [0.4, 0.5) is 17.1 Å². The van der Waals surface area contributed by atoms with Gasteiger partial charge in [-0.1, -0.05) is 152 Å². The standard InChI is InChI=1S/C62H38N2O2/c1-3-19-48-40(13-1)31-35-52-59-47(23-11-27-57(59)65-61(48)52)43-16-10-17-45(38-43)63(56-26-12-28-58-60(56)53-36-32-41-14-2-4-20-49(41)62(53)66-58)44-33-29-39(30-34-44)42-15-9-18-46(37-42)64-54-24-7-5-21-50(54)51-22-6-8-25-55(51)64/h1-38H. The number of furan rings is 2. The number of hydrogen-bond acceptors (Lipinski definition) is 3. The molecule has 14 rings (SSSR count). The highest BCUT2D eigenvalue weighted by atomic mass is 16.3. The highest BCUT2D eigenvalue weighted by Gasteiger charge is 2.22. The third-order valence-corrected chi connectivity index (χ3v) is 13.6. The zero-order chi connectivity index (χ0) is 43.3. The predicted molar refractivity (Wildman–Crippen MR) is 276 cm³/mol. The van der Waals surface area contributed by atoms with E-state index in [1.165, 1.54) is 27.2 Å². The lowest BCUT2D eigenvalue weighted by Crippen LogP contribution is -2.10. The predicted octanol–water partition coefficient (Wildman–Crippen LogP) is 17.7. The van der Waals surface area contributed by atoms with Gasteiger partial charge in [0.05, 0.1) is 22.1 Å². The van der Waals surface area contributed by atoms with Crippen molar-refractivity contribution in [2.45, 2.75) is 0 Å². The number of rotatable bonds is 6. The van der Waals surface area contributed by atoms with Crippen LogP contribution in [-0.2, 0) is 0 Å². The van der Waals surface area contributed by atoms with Crippen LogP contribution in [0.25, 0.3) is 115 Å². The first kappa shape index (κ1) is 36.6. The summed E-state index contributed by atoms with van der Waals surface area (Å²) in [6.07, 6.45) is 0. The second kappa shape index (κ2) is 14.3. The van der Waals surface area contributed by atoms with E-state index < -0.39 is 0 Å². The number of aromatic nitrogens is 1. The second-order valence-corrected chi connectivity index (χ2v) is 17.2. The molecule has 0 spiro atoms. The Labute approximate surface area is 379 Å². The van der Waals surface area contributed by atoms with Crippen molar-refractivity contribution in [3.05, 3.63) is 231 Å². The van der Waals surface area contributed by atoms with Crippen LogP contribution in [0.5, 0.6) is 0 Å². The van der Waals surface area contributed by atoms with Crippen molar-refractivity contribution in [1.82, 2.24) is 4.57 Å². The van der Waals surface area contributed by atoms with Gasteiger partial charge in [-0.2, -0.15) is 0 Å². The van der Waals surface area contributed by atoms with Gasteiger partial charge in [-0.25, -0.2) is 0 Å². The Kier molecular flexibility index (Phi) is 7.95. The van der Waals surface area contributed by atoms with Gasteiger partial charge in [0, 0.05) is 54.8 Å². The maximum Gasteiger partial charge on any atom is 0.143 e. The Morgan fingerprint density at radius 3 is 1.59 bits per heavy atom. The molecule has 0 atom stereocenters. The number of fused-ring (bicyclic) bond motifs is 13. The Hall–Kier alpha value is -8.86. The van der Waals surface area contributed by atoms with Gasteiger partial charge < -0.3 is 18.3 Å². The monoisotopic (exact) mass is 842 g/mol. The Bertz CT molecular complexity index is 4190. The van der Waals surface area contributed by atoms with Gasteiger partial charge in [0.15, 0.2) is 0 Å². The highest BCUT2D eigenvalue weighted by Crippen LogP contribution is 2.47. The van der Waals surface area contributed by atoms with E-state index >= 15 is 0 Å². The quantitative estimate of drug-likeness (QED) is 0.167. The minimum atomic E-state index is 0.848. The van der Waals surface area contributed by atoms with Crippen molar-refractivity contribution in [2.24, 2.45) is 0 Å². The summed E-state index contributed by atoms with van der Waals surface area (Å²) in [6.45, 7) is 0. The average Bonchev–Trinajstić information content (AvgIpc) is 4.07. The molecule has 0 aliphatic carbocycles. The second-order valence-electron chi connectivity index (χ2n) is 17.2. The summed E-state index contributed by atoms with van der Waals surface area (Å²) < 4.78 is 15.8. The lowest BCUT2D eigenvalue weighted by atomic mass is 9.97. The largest absolute Gasteiger partial charge is 0.455 e. The molecule has 66 heavy (non-hydrogen) atoms. The zero-order valence-electron chi connectivity index (χ0n) is 35.7. The topological polar surface area (TPSA) is 34.5 Å². The van der Waals surface area contributed by atoms with Gasteiger partial charge in [-0.15, -0.1) is 0 Å². The molecule has 0 unspecified atom stereocenters. The molecule has 14 aromatic rings. The van der Waals surface area contributed by atoms with Crippen molar-refractivity contribution in [2.75, 3.05) is 4.90 Å². The molecule has 0 fully saturated rings. The van der Waals surface area contributed by atoms with E-state index in [2.05, 4.69) is 240 Å². The fraction of sp³-hybridized carbons (Fsp3) is 0. The normalized spacial score (nSPS) is 11.9. The minimum Gasteiger partial charge on any atom is -0.455 e. The van der Waals surface area contributed by atoms with Crippen LogP contribution in [0.3, 0.4) is 0 Å².